The molecule has 0 radical (unpaired) electrons. The average Bonchev–Trinajstić information content (AvgIpc) is 3.10. The number of rotatable bonds is 3. The van der Waals surface area contributed by atoms with Gasteiger partial charge in [0.2, 0.25) is 0 Å². The smallest absolute Gasteiger partial charge is 0.475 e. The average molecular weight is 465 g/mol. The summed E-state index contributed by atoms with van der Waals surface area (Å²) in [5.41, 5.74) is -0.279. The normalized spacial score (nSPS) is 24.5. The van der Waals surface area contributed by atoms with Gasteiger partial charge >= 0.3 is 12.1 Å². The van der Waals surface area contributed by atoms with Gasteiger partial charge in [0.1, 0.15) is 17.9 Å². The van der Waals surface area contributed by atoms with Gasteiger partial charge in [0.05, 0.1) is 6.54 Å². The number of carbonyl (C=O) groups is 2. The molecule has 9 nitrogen and oxygen atoms in total. The number of nitrogens with one attached hydrogen (secondary N) is 1. The molecule has 0 bridgehead atoms. The fraction of sp³-hybridized carbons (Fsp3) is 0.611. The topological polar surface area (TPSA) is 117 Å². The molecular formula is C18H20F5N5O4. The number of oxime groups is 1. The van der Waals surface area contributed by atoms with Gasteiger partial charge in [-0.2, -0.15) is 13.2 Å². The Labute approximate surface area is 178 Å². The van der Waals surface area contributed by atoms with Crippen LogP contribution in [0.1, 0.15) is 32.1 Å². The molecule has 1 unspecified atom stereocenters. The predicted molar refractivity (Wildman–Crippen MR) is 99.1 cm³/mol. The van der Waals surface area contributed by atoms with Crippen LogP contribution in [0.5, 0.6) is 0 Å². The number of piperidine rings is 1. The lowest BCUT2D eigenvalue weighted by atomic mass is 9.86. The van der Waals surface area contributed by atoms with Crippen LogP contribution in [0, 0.1) is 0 Å². The summed E-state index contributed by atoms with van der Waals surface area (Å²) < 4.78 is 57.5. The number of amides is 1. The molecule has 0 aromatic carbocycles. The minimum absolute atomic E-state index is 0.278. The van der Waals surface area contributed by atoms with Crippen molar-refractivity contribution in [3.63, 3.8) is 0 Å². The molecule has 3 aliphatic rings. The fourth-order valence-electron chi connectivity index (χ4n) is 3.66. The van der Waals surface area contributed by atoms with Gasteiger partial charge in [0.15, 0.2) is 5.60 Å². The number of nitrogens with zero attached hydrogens (tertiary/aromatic N) is 4. The van der Waals surface area contributed by atoms with Gasteiger partial charge in [-0.3, -0.25) is 4.79 Å². The Morgan fingerprint density at radius 1 is 1.28 bits per heavy atom. The lowest BCUT2D eigenvalue weighted by Gasteiger charge is -2.38. The Kier molecular flexibility index (Phi) is 6.51. The zero-order valence-electron chi connectivity index (χ0n) is 16.6. The van der Waals surface area contributed by atoms with Crippen molar-refractivity contribution in [2.24, 2.45) is 5.16 Å². The van der Waals surface area contributed by atoms with Gasteiger partial charge in [0.25, 0.3) is 11.8 Å². The van der Waals surface area contributed by atoms with Crippen molar-refractivity contribution in [3.8, 4) is 0 Å². The number of carbonyl (C=O) groups excluding carboxylic acids is 1. The molecule has 2 aliphatic heterocycles. The molecule has 1 aliphatic carbocycles. The van der Waals surface area contributed by atoms with Crippen LogP contribution in [-0.2, 0) is 14.4 Å². The highest BCUT2D eigenvalue weighted by Gasteiger charge is 2.48. The van der Waals surface area contributed by atoms with Gasteiger partial charge in [0, 0.05) is 38.0 Å². The van der Waals surface area contributed by atoms with Crippen LogP contribution in [0.3, 0.4) is 0 Å². The highest BCUT2D eigenvalue weighted by Crippen LogP contribution is 2.38. The molecule has 1 atom stereocenters. The van der Waals surface area contributed by atoms with E-state index >= 15 is 0 Å². The van der Waals surface area contributed by atoms with Crippen molar-refractivity contribution >= 4 is 23.4 Å². The van der Waals surface area contributed by atoms with E-state index in [0.29, 0.717) is 13.0 Å². The van der Waals surface area contributed by atoms with Crippen LogP contribution < -0.4 is 10.2 Å². The fourth-order valence-corrected chi connectivity index (χ4v) is 3.66. The standard InChI is InChI=1S/C16H19F2N5O2.C2HF3O2/c17-16(18)6-11(7-16)21-14(24)12-8-15(25-22-12)3-1-5-23(9-15)13-2-4-19-10-20-13;3-2(4,5)1(6)7/h2,4,10-11H,1,3,5-9H2,(H,21,24);(H,6,7). The molecule has 176 valence electrons. The van der Waals surface area contributed by atoms with Gasteiger partial charge in [-0.15, -0.1) is 0 Å². The van der Waals surface area contributed by atoms with Crippen LogP contribution in [0.25, 0.3) is 0 Å². The number of anilines is 1. The zero-order chi connectivity index (χ0) is 23.6. The van der Waals surface area contributed by atoms with Gasteiger partial charge in [-0.05, 0) is 18.9 Å². The molecule has 1 amide bonds. The quantitative estimate of drug-likeness (QED) is 0.657. The molecular weight excluding hydrogens is 445 g/mol. The molecule has 1 aromatic rings. The van der Waals surface area contributed by atoms with E-state index in [-0.39, 0.29) is 18.6 Å². The first-order valence-electron chi connectivity index (χ1n) is 9.64. The van der Waals surface area contributed by atoms with Gasteiger partial charge < -0.3 is 20.2 Å². The van der Waals surface area contributed by atoms with Crippen LogP contribution >= 0.6 is 0 Å². The highest BCUT2D eigenvalue weighted by molar-refractivity contribution is 6.39. The molecule has 1 saturated heterocycles. The summed E-state index contributed by atoms with van der Waals surface area (Å²) in [6.45, 7) is 1.42. The largest absolute Gasteiger partial charge is 0.490 e. The SMILES string of the molecule is O=C(NC1CC(F)(F)C1)C1=NOC2(CCCN(c3ccncn3)C2)C1.O=C(O)C(F)(F)F. The van der Waals surface area contributed by atoms with E-state index in [1.165, 1.54) is 6.33 Å². The zero-order valence-corrected chi connectivity index (χ0v) is 16.6. The Balaban J connectivity index is 0.000000360. The summed E-state index contributed by atoms with van der Waals surface area (Å²) in [7, 11) is 0. The van der Waals surface area contributed by atoms with Crippen molar-refractivity contribution in [1.82, 2.24) is 15.3 Å². The number of hydrogen-bond acceptors (Lipinski definition) is 7. The molecule has 1 saturated carbocycles. The van der Waals surface area contributed by atoms with Crippen molar-refractivity contribution in [1.29, 1.82) is 0 Å². The van der Waals surface area contributed by atoms with E-state index in [2.05, 4.69) is 25.3 Å². The van der Waals surface area contributed by atoms with Crippen molar-refractivity contribution in [2.75, 3.05) is 18.0 Å². The third kappa shape index (κ3) is 5.79. The number of halogens is 5. The Morgan fingerprint density at radius 2 is 1.97 bits per heavy atom. The third-order valence-electron chi connectivity index (χ3n) is 5.20. The first-order chi connectivity index (χ1) is 14.9. The molecule has 4 rings (SSSR count). The summed E-state index contributed by atoms with van der Waals surface area (Å²) in [5, 5.41) is 13.7. The molecule has 32 heavy (non-hydrogen) atoms. The first-order valence-corrected chi connectivity index (χ1v) is 9.64. The molecule has 14 heteroatoms. The monoisotopic (exact) mass is 465 g/mol. The van der Waals surface area contributed by atoms with Crippen molar-refractivity contribution < 1.29 is 41.5 Å². The van der Waals surface area contributed by atoms with E-state index < -0.39 is 35.6 Å². The number of carboxylic acids is 1. The molecule has 3 heterocycles. The predicted octanol–water partition coefficient (Wildman–Crippen LogP) is 2.14. The number of aromatic nitrogens is 2. The van der Waals surface area contributed by atoms with Gasteiger partial charge in [-0.25, -0.2) is 23.5 Å². The van der Waals surface area contributed by atoms with Crippen LogP contribution in [-0.4, -0.2) is 69.5 Å². The summed E-state index contributed by atoms with van der Waals surface area (Å²) in [6, 6.07) is 1.35. The maximum absolute atomic E-state index is 12.9. The van der Waals surface area contributed by atoms with Crippen LogP contribution in [0.15, 0.2) is 23.7 Å². The van der Waals surface area contributed by atoms with Crippen LogP contribution in [0.2, 0.25) is 0 Å². The lowest BCUT2D eigenvalue weighted by Crippen LogP contribution is -2.53. The Morgan fingerprint density at radius 3 is 2.53 bits per heavy atom. The Bertz CT molecular complexity index is 874. The summed E-state index contributed by atoms with van der Waals surface area (Å²) >= 11 is 0. The van der Waals surface area contributed by atoms with Crippen molar-refractivity contribution in [3.05, 3.63) is 18.6 Å². The van der Waals surface area contributed by atoms with E-state index in [1.807, 2.05) is 6.07 Å². The third-order valence-corrected chi connectivity index (χ3v) is 5.20. The Hall–Kier alpha value is -3.06. The van der Waals surface area contributed by atoms with Gasteiger partial charge in [-0.1, -0.05) is 5.16 Å². The van der Waals surface area contributed by atoms with E-state index in [1.54, 1.807) is 6.20 Å². The molecule has 2 N–H and O–H groups in total. The minimum Gasteiger partial charge on any atom is -0.475 e. The summed E-state index contributed by atoms with van der Waals surface area (Å²) in [4.78, 5) is 37.0. The minimum atomic E-state index is -5.08. The summed E-state index contributed by atoms with van der Waals surface area (Å²) in [5.74, 6) is -5.01. The number of hydrogen-bond donors (Lipinski definition) is 2. The van der Waals surface area contributed by atoms with Crippen LogP contribution in [0.4, 0.5) is 27.8 Å². The number of alkyl halides is 5. The second-order valence-corrected chi connectivity index (χ2v) is 7.82. The van der Waals surface area contributed by atoms with E-state index in [9.17, 15) is 26.7 Å². The number of carboxylic acid groups (broad SMARTS) is 1. The maximum Gasteiger partial charge on any atom is 0.490 e. The lowest BCUT2D eigenvalue weighted by molar-refractivity contribution is -0.192. The second-order valence-electron chi connectivity index (χ2n) is 7.82. The van der Waals surface area contributed by atoms with E-state index in [4.69, 9.17) is 14.7 Å². The highest BCUT2D eigenvalue weighted by atomic mass is 19.4. The molecule has 2 fully saturated rings. The van der Waals surface area contributed by atoms with E-state index in [0.717, 1.165) is 25.2 Å². The molecule has 1 aromatic heterocycles. The first kappa shape index (κ1) is 23.6. The van der Waals surface area contributed by atoms with Crippen molar-refractivity contribution in [2.45, 2.75) is 55.8 Å². The maximum atomic E-state index is 12.9. The number of aliphatic carboxylic acids is 1. The molecule has 1 spiro atoms. The summed E-state index contributed by atoms with van der Waals surface area (Å²) in [6.07, 6.45) is -0.457. The second kappa shape index (κ2) is 8.82.